The van der Waals surface area contributed by atoms with E-state index in [-0.39, 0.29) is 6.61 Å². The van der Waals surface area contributed by atoms with E-state index in [1.165, 1.54) is 12.4 Å². The predicted octanol–water partition coefficient (Wildman–Crippen LogP) is 0.927. The lowest BCUT2D eigenvalue weighted by atomic mass is 10.3. The Hall–Kier alpha value is -1.68. The lowest BCUT2D eigenvalue weighted by Gasteiger charge is -1.95. The van der Waals surface area contributed by atoms with Crippen LogP contribution in [0.2, 0.25) is 0 Å². The molecule has 4 heteroatoms. The van der Waals surface area contributed by atoms with E-state index in [9.17, 15) is 0 Å². The van der Waals surface area contributed by atoms with Gasteiger partial charge in [-0.05, 0) is 24.6 Å². The second-order valence-electron chi connectivity index (χ2n) is 2.85. The predicted molar refractivity (Wildman–Crippen MR) is 56.5 cm³/mol. The van der Waals surface area contributed by atoms with Crippen molar-refractivity contribution in [3.05, 3.63) is 35.7 Å². The summed E-state index contributed by atoms with van der Waals surface area (Å²) in [4.78, 5) is 8.10. The maximum Gasteiger partial charge on any atom is 0.151 e. The van der Waals surface area contributed by atoms with Gasteiger partial charge in [0.1, 0.15) is 0 Å². The van der Waals surface area contributed by atoms with Crippen LogP contribution in [0.3, 0.4) is 0 Å². The minimum Gasteiger partial charge on any atom is -0.404 e. The van der Waals surface area contributed by atoms with Crippen molar-refractivity contribution < 1.29 is 5.11 Å². The van der Waals surface area contributed by atoms with Crippen molar-refractivity contribution in [3.63, 3.8) is 0 Å². The van der Waals surface area contributed by atoms with Crippen LogP contribution in [0.1, 0.15) is 5.56 Å². The number of nitrogens with two attached hydrogens (primary N) is 1. The molecule has 0 fully saturated rings. The highest BCUT2D eigenvalue weighted by molar-refractivity contribution is 5.80. The number of aliphatic hydroxyl groups is 1. The van der Waals surface area contributed by atoms with Crippen molar-refractivity contribution >= 4 is 12.0 Å². The van der Waals surface area contributed by atoms with Gasteiger partial charge < -0.3 is 10.8 Å². The molecule has 0 saturated heterocycles. The van der Waals surface area contributed by atoms with Crippen molar-refractivity contribution in [1.82, 2.24) is 4.98 Å². The standard InChI is InChI=1S/C10H13N3O/c1-8-2-3-12-10(4-8)13-6-9(5-11)7-14/h2-6,14H,7,11H2,1H3/b9-5+,13-6?. The molecule has 3 N–H and O–H groups in total. The van der Waals surface area contributed by atoms with Crippen LogP contribution in [0.5, 0.6) is 0 Å². The van der Waals surface area contributed by atoms with Gasteiger partial charge in [0.05, 0.1) is 6.61 Å². The molecule has 1 aromatic heterocycles. The van der Waals surface area contributed by atoms with Crippen molar-refractivity contribution in [3.8, 4) is 0 Å². The minimum atomic E-state index is -0.119. The molecule has 4 nitrogen and oxygen atoms in total. The first kappa shape index (κ1) is 10.4. The van der Waals surface area contributed by atoms with Gasteiger partial charge in [0, 0.05) is 24.2 Å². The first-order chi connectivity index (χ1) is 6.76. The highest BCUT2D eigenvalue weighted by Crippen LogP contribution is 2.08. The smallest absolute Gasteiger partial charge is 0.151 e. The number of hydrogen-bond donors (Lipinski definition) is 2. The molecule has 0 bridgehead atoms. The first-order valence-corrected chi connectivity index (χ1v) is 4.24. The van der Waals surface area contributed by atoms with Gasteiger partial charge in [0.15, 0.2) is 5.82 Å². The lowest BCUT2D eigenvalue weighted by Crippen LogP contribution is -1.95. The van der Waals surface area contributed by atoms with Crippen LogP contribution in [0.4, 0.5) is 5.82 Å². The van der Waals surface area contributed by atoms with Gasteiger partial charge >= 0.3 is 0 Å². The van der Waals surface area contributed by atoms with Crippen molar-refractivity contribution in [1.29, 1.82) is 0 Å². The first-order valence-electron chi connectivity index (χ1n) is 4.24. The molecule has 0 aliphatic heterocycles. The van der Waals surface area contributed by atoms with Crippen LogP contribution < -0.4 is 5.73 Å². The Morgan fingerprint density at radius 2 is 2.50 bits per heavy atom. The number of aliphatic imine (C=N–C) groups is 1. The summed E-state index contributed by atoms with van der Waals surface area (Å²) in [6, 6.07) is 3.74. The van der Waals surface area contributed by atoms with Crippen LogP contribution in [0, 0.1) is 6.92 Å². The number of aromatic nitrogens is 1. The van der Waals surface area contributed by atoms with Crippen LogP contribution in [0.25, 0.3) is 0 Å². The molecule has 0 saturated carbocycles. The zero-order valence-electron chi connectivity index (χ0n) is 8.01. The van der Waals surface area contributed by atoms with Gasteiger partial charge in [0.2, 0.25) is 0 Å². The Balaban J connectivity index is 2.78. The summed E-state index contributed by atoms with van der Waals surface area (Å²) in [6.07, 6.45) is 4.51. The average molecular weight is 191 g/mol. The van der Waals surface area contributed by atoms with Gasteiger partial charge in [-0.1, -0.05) is 0 Å². The molecule has 0 amide bonds. The molecule has 74 valence electrons. The Morgan fingerprint density at radius 3 is 3.07 bits per heavy atom. The quantitative estimate of drug-likeness (QED) is 0.698. The second-order valence-corrected chi connectivity index (χ2v) is 2.85. The van der Waals surface area contributed by atoms with Gasteiger partial charge in [-0.3, -0.25) is 0 Å². The van der Waals surface area contributed by atoms with Gasteiger partial charge in [-0.25, -0.2) is 9.98 Å². The van der Waals surface area contributed by atoms with E-state index in [0.717, 1.165) is 5.56 Å². The number of nitrogens with zero attached hydrogens (tertiary/aromatic N) is 2. The summed E-state index contributed by atoms with van der Waals surface area (Å²) >= 11 is 0. The van der Waals surface area contributed by atoms with E-state index >= 15 is 0 Å². The van der Waals surface area contributed by atoms with Gasteiger partial charge in [-0.2, -0.15) is 0 Å². The van der Waals surface area contributed by atoms with Gasteiger partial charge in [-0.15, -0.1) is 0 Å². The highest BCUT2D eigenvalue weighted by Gasteiger charge is 1.91. The monoisotopic (exact) mass is 191 g/mol. The molecule has 0 aliphatic rings. The SMILES string of the molecule is Cc1ccnc(N=C/C(=C\N)CO)c1. The summed E-state index contributed by atoms with van der Waals surface area (Å²) in [5, 5.41) is 8.80. The van der Waals surface area contributed by atoms with Crippen LogP contribution >= 0.6 is 0 Å². The number of aryl methyl sites for hydroxylation is 1. The summed E-state index contributed by atoms with van der Waals surface area (Å²) in [5.41, 5.74) is 6.90. The van der Waals surface area contributed by atoms with Crippen molar-refractivity contribution in [2.75, 3.05) is 6.61 Å². The molecule has 14 heavy (non-hydrogen) atoms. The Labute approximate surface area is 82.8 Å². The van der Waals surface area contributed by atoms with E-state index in [2.05, 4.69) is 9.98 Å². The van der Waals surface area contributed by atoms with E-state index in [4.69, 9.17) is 10.8 Å². The molecular formula is C10H13N3O. The summed E-state index contributed by atoms with van der Waals surface area (Å²) in [5.74, 6) is 0.609. The van der Waals surface area contributed by atoms with Crippen LogP contribution in [-0.4, -0.2) is 22.9 Å². The maximum absolute atomic E-state index is 8.80. The fourth-order valence-corrected chi connectivity index (χ4v) is 0.876. The Bertz CT molecular complexity index is 358. The zero-order valence-corrected chi connectivity index (χ0v) is 8.01. The third-order valence-electron chi connectivity index (χ3n) is 1.66. The van der Waals surface area contributed by atoms with E-state index in [1.54, 1.807) is 6.20 Å². The number of hydrogen-bond acceptors (Lipinski definition) is 4. The van der Waals surface area contributed by atoms with E-state index in [1.807, 2.05) is 19.1 Å². The largest absolute Gasteiger partial charge is 0.404 e. The molecule has 1 rings (SSSR count). The second kappa shape index (κ2) is 5.14. The fraction of sp³-hybridized carbons (Fsp3) is 0.200. The Morgan fingerprint density at radius 1 is 1.71 bits per heavy atom. The molecule has 0 atom stereocenters. The molecule has 0 radical (unpaired) electrons. The van der Waals surface area contributed by atoms with Crippen molar-refractivity contribution in [2.24, 2.45) is 10.7 Å². The zero-order chi connectivity index (χ0) is 10.4. The molecule has 0 aromatic carbocycles. The van der Waals surface area contributed by atoms with Crippen molar-refractivity contribution in [2.45, 2.75) is 6.92 Å². The fourth-order valence-electron chi connectivity index (χ4n) is 0.876. The number of rotatable bonds is 3. The average Bonchev–Trinajstić information content (AvgIpc) is 2.19. The number of pyridine rings is 1. The third kappa shape index (κ3) is 2.99. The topological polar surface area (TPSA) is 71.5 Å². The third-order valence-corrected chi connectivity index (χ3v) is 1.66. The summed E-state index contributed by atoms with van der Waals surface area (Å²) in [6.45, 7) is 1.85. The lowest BCUT2D eigenvalue weighted by molar-refractivity contribution is 0.337. The normalized spacial score (nSPS) is 12.3. The molecule has 1 aromatic rings. The van der Waals surface area contributed by atoms with Gasteiger partial charge in [0.25, 0.3) is 0 Å². The molecule has 0 aliphatic carbocycles. The molecule has 1 heterocycles. The maximum atomic E-state index is 8.80. The summed E-state index contributed by atoms with van der Waals surface area (Å²) < 4.78 is 0. The minimum absolute atomic E-state index is 0.119. The van der Waals surface area contributed by atoms with Crippen LogP contribution in [-0.2, 0) is 0 Å². The van der Waals surface area contributed by atoms with E-state index < -0.39 is 0 Å². The number of aliphatic hydroxyl groups excluding tert-OH is 1. The molecular weight excluding hydrogens is 178 g/mol. The highest BCUT2D eigenvalue weighted by atomic mass is 16.3. The molecule has 0 unspecified atom stereocenters. The van der Waals surface area contributed by atoms with E-state index in [0.29, 0.717) is 11.4 Å². The Kier molecular flexibility index (Phi) is 3.82. The summed E-state index contributed by atoms with van der Waals surface area (Å²) in [7, 11) is 0. The molecule has 0 spiro atoms. The van der Waals surface area contributed by atoms with Crippen LogP contribution in [0.15, 0.2) is 35.1 Å².